The van der Waals surface area contributed by atoms with Gasteiger partial charge in [0.1, 0.15) is 0 Å². The summed E-state index contributed by atoms with van der Waals surface area (Å²) >= 11 is 0. The van der Waals surface area contributed by atoms with E-state index < -0.39 is 0 Å². The Hall–Kier alpha value is -0.780. The second-order valence-electron chi connectivity index (χ2n) is 5.13. The van der Waals surface area contributed by atoms with Crippen molar-refractivity contribution in [2.24, 2.45) is 5.92 Å². The van der Waals surface area contributed by atoms with Crippen LogP contribution in [0.25, 0.3) is 0 Å². The fraction of sp³-hybridized carbons (Fsp3) is 0.600. The van der Waals surface area contributed by atoms with Crippen molar-refractivity contribution in [1.82, 2.24) is 0 Å². The third-order valence-corrected chi connectivity index (χ3v) is 3.78. The molecule has 1 aromatic carbocycles. The van der Waals surface area contributed by atoms with E-state index in [1.165, 1.54) is 31.2 Å². The molecule has 1 atom stereocenters. The molecule has 0 N–H and O–H groups in total. The van der Waals surface area contributed by atoms with Crippen molar-refractivity contribution in [3.05, 3.63) is 34.9 Å². The second-order valence-corrected chi connectivity index (χ2v) is 5.13. The molecule has 0 spiro atoms. The lowest BCUT2D eigenvalue weighted by atomic mass is 9.76. The molecule has 1 aromatic rings. The van der Waals surface area contributed by atoms with E-state index in [0.717, 1.165) is 11.8 Å². The summed E-state index contributed by atoms with van der Waals surface area (Å²) in [6.45, 7) is 6.95. The zero-order valence-corrected chi connectivity index (χ0v) is 10.2. The Morgan fingerprint density at radius 1 is 1.33 bits per heavy atom. The summed E-state index contributed by atoms with van der Waals surface area (Å²) in [5.41, 5.74) is 4.76. The van der Waals surface area contributed by atoms with Crippen LogP contribution < -0.4 is 0 Å². The summed E-state index contributed by atoms with van der Waals surface area (Å²) < 4.78 is 0. The van der Waals surface area contributed by atoms with Crippen LogP contribution in [-0.4, -0.2) is 0 Å². The van der Waals surface area contributed by atoms with Crippen molar-refractivity contribution in [2.75, 3.05) is 0 Å². The fourth-order valence-corrected chi connectivity index (χ4v) is 2.82. The minimum absolute atomic E-state index is 0.788. The first-order valence-electron chi connectivity index (χ1n) is 6.34. The van der Waals surface area contributed by atoms with E-state index in [2.05, 4.69) is 39.0 Å². The highest BCUT2D eigenvalue weighted by molar-refractivity contribution is 5.36. The third kappa shape index (κ3) is 2.09. The van der Waals surface area contributed by atoms with E-state index in [0.29, 0.717) is 0 Å². The normalized spacial score (nSPS) is 20.4. The van der Waals surface area contributed by atoms with E-state index in [9.17, 15) is 0 Å². The van der Waals surface area contributed by atoms with Crippen LogP contribution in [0.2, 0.25) is 0 Å². The smallest absolute Gasteiger partial charge is 0.0136 e. The zero-order chi connectivity index (χ0) is 10.8. The van der Waals surface area contributed by atoms with Crippen LogP contribution in [-0.2, 0) is 12.8 Å². The van der Waals surface area contributed by atoms with Crippen LogP contribution in [0.3, 0.4) is 0 Å². The Kier molecular flexibility index (Phi) is 3.14. The summed E-state index contributed by atoms with van der Waals surface area (Å²) in [6.07, 6.45) is 5.23. The third-order valence-electron chi connectivity index (χ3n) is 3.78. The van der Waals surface area contributed by atoms with E-state index >= 15 is 0 Å². The van der Waals surface area contributed by atoms with Gasteiger partial charge in [0.2, 0.25) is 0 Å². The molecule has 0 heterocycles. The second kappa shape index (κ2) is 4.38. The van der Waals surface area contributed by atoms with Crippen LogP contribution >= 0.6 is 0 Å². The zero-order valence-electron chi connectivity index (χ0n) is 10.2. The quantitative estimate of drug-likeness (QED) is 0.670. The largest absolute Gasteiger partial charge is 0.0622 e. The van der Waals surface area contributed by atoms with Gasteiger partial charge in [0.15, 0.2) is 0 Å². The van der Waals surface area contributed by atoms with E-state index in [1.54, 1.807) is 11.1 Å². The van der Waals surface area contributed by atoms with Gasteiger partial charge in [0.05, 0.1) is 0 Å². The first-order chi connectivity index (χ1) is 7.22. The molecule has 0 aromatic heterocycles. The predicted octanol–water partition coefficient (Wildman–Crippen LogP) is 4.32. The summed E-state index contributed by atoms with van der Waals surface area (Å²) in [7, 11) is 0. The lowest BCUT2D eigenvalue weighted by Gasteiger charge is -2.29. The first-order valence-corrected chi connectivity index (χ1v) is 6.34. The molecule has 0 amide bonds. The van der Waals surface area contributed by atoms with Gasteiger partial charge in [-0.15, -0.1) is 0 Å². The minimum Gasteiger partial charge on any atom is -0.0622 e. The molecule has 0 radical (unpaired) electrons. The van der Waals surface area contributed by atoms with E-state index in [-0.39, 0.29) is 0 Å². The molecule has 0 nitrogen and oxygen atoms in total. The monoisotopic (exact) mass is 202 g/mol. The topological polar surface area (TPSA) is 0 Å². The average Bonchev–Trinajstić information content (AvgIpc) is 2.27. The lowest BCUT2D eigenvalue weighted by Crippen LogP contribution is -2.14. The number of hydrogen-bond acceptors (Lipinski definition) is 0. The van der Waals surface area contributed by atoms with Crippen LogP contribution in [0.1, 0.15) is 56.2 Å². The number of hydrogen-bond donors (Lipinski definition) is 0. The van der Waals surface area contributed by atoms with Crippen molar-refractivity contribution >= 4 is 0 Å². The molecular weight excluding hydrogens is 180 g/mol. The van der Waals surface area contributed by atoms with Gasteiger partial charge in [0, 0.05) is 0 Å². The Labute approximate surface area is 93.7 Å². The summed E-state index contributed by atoms with van der Waals surface area (Å²) in [4.78, 5) is 0. The van der Waals surface area contributed by atoms with Crippen LogP contribution in [0, 0.1) is 5.92 Å². The summed E-state index contributed by atoms with van der Waals surface area (Å²) in [6, 6.07) is 7.14. The average molecular weight is 202 g/mol. The van der Waals surface area contributed by atoms with Crippen LogP contribution in [0.4, 0.5) is 0 Å². The molecule has 0 saturated carbocycles. The standard InChI is InChI=1S/C15H22/c1-4-12-8-9-15-13(10-12)6-5-7-14(15)11(2)3/h8-11,14H,4-7H2,1-3H3. The van der Waals surface area contributed by atoms with Gasteiger partial charge in [-0.2, -0.15) is 0 Å². The van der Waals surface area contributed by atoms with Crippen molar-refractivity contribution in [1.29, 1.82) is 0 Å². The maximum absolute atomic E-state index is 2.43. The van der Waals surface area contributed by atoms with Gasteiger partial charge in [-0.25, -0.2) is 0 Å². The van der Waals surface area contributed by atoms with E-state index in [1.807, 2.05) is 0 Å². The number of rotatable bonds is 2. The Morgan fingerprint density at radius 2 is 2.13 bits per heavy atom. The van der Waals surface area contributed by atoms with Gasteiger partial charge < -0.3 is 0 Å². The van der Waals surface area contributed by atoms with Crippen LogP contribution in [0.15, 0.2) is 18.2 Å². The SMILES string of the molecule is CCc1ccc2c(c1)CCCC2C(C)C. The highest BCUT2D eigenvalue weighted by atomic mass is 14.3. The predicted molar refractivity (Wildman–Crippen MR) is 66.3 cm³/mol. The number of aryl methyl sites for hydroxylation is 2. The molecule has 1 unspecified atom stereocenters. The van der Waals surface area contributed by atoms with Crippen molar-refractivity contribution in [3.8, 4) is 0 Å². The van der Waals surface area contributed by atoms with Crippen LogP contribution in [0.5, 0.6) is 0 Å². The van der Waals surface area contributed by atoms with Gasteiger partial charge in [-0.3, -0.25) is 0 Å². The Bertz CT molecular complexity index is 336. The molecule has 1 aliphatic carbocycles. The maximum atomic E-state index is 2.43. The first kappa shape index (κ1) is 10.7. The molecule has 82 valence electrons. The van der Waals surface area contributed by atoms with Gasteiger partial charge >= 0.3 is 0 Å². The number of benzene rings is 1. The maximum Gasteiger partial charge on any atom is -0.0136 e. The highest BCUT2D eigenvalue weighted by Crippen LogP contribution is 2.36. The Balaban J connectivity index is 2.36. The lowest BCUT2D eigenvalue weighted by molar-refractivity contribution is 0.433. The minimum atomic E-state index is 0.788. The van der Waals surface area contributed by atoms with Gasteiger partial charge in [-0.1, -0.05) is 39.0 Å². The fourth-order valence-electron chi connectivity index (χ4n) is 2.82. The molecule has 1 aliphatic rings. The molecule has 15 heavy (non-hydrogen) atoms. The highest BCUT2D eigenvalue weighted by Gasteiger charge is 2.22. The number of fused-ring (bicyclic) bond motifs is 1. The summed E-state index contributed by atoms with van der Waals surface area (Å²) in [5.74, 6) is 1.59. The molecular formula is C15H22. The van der Waals surface area contributed by atoms with Gasteiger partial charge in [-0.05, 0) is 54.2 Å². The van der Waals surface area contributed by atoms with Crippen molar-refractivity contribution < 1.29 is 0 Å². The molecule has 2 rings (SSSR count). The molecule has 0 fully saturated rings. The summed E-state index contributed by atoms with van der Waals surface area (Å²) in [5, 5.41) is 0. The molecule has 0 aliphatic heterocycles. The molecule has 0 bridgehead atoms. The van der Waals surface area contributed by atoms with E-state index in [4.69, 9.17) is 0 Å². The molecule has 0 heteroatoms. The Morgan fingerprint density at radius 3 is 2.80 bits per heavy atom. The van der Waals surface area contributed by atoms with Crippen molar-refractivity contribution in [2.45, 2.75) is 52.4 Å². The molecule has 0 saturated heterocycles. The van der Waals surface area contributed by atoms with Crippen molar-refractivity contribution in [3.63, 3.8) is 0 Å². The van der Waals surface area contributed by atoms with Gasteiger partial charge in [0.25, 0.3) is 0 Å².